The number of hydrogen-bond donors (Lipinski definition) is 1. The number of aromatic nitrogens is 4. The van der Waals surface area contributed by atoms with Gasteiger partial charge in [0, 0.05) is 6.54 Å². The fourth-order valence-corrected chi connectivity index (χ4v) is 5.03. The zero-order valence-electron chi connectivity index (χ0n) is 20.4. The summed E-state index contributed by atoms with van der Waals surface area (Å²) in [7, 11) is 0. The van der Waals surface area contributed by atoms with Gasteiger partial charge in [0.1, 0.15) is 0 Å². The number of thioether (sulfide) groups is 1. The van der Waals surface area contributed by atoms with Gasteiger partial charge in [0.05, 0.1) is 22.3 Å². The standard InChI is InChI=1S/C28H27N5O2S/c1-18(2)21-8-4-6-10-23(21)32-26(35)22-9-5-7-11-24(22)33-27(32)30-31-28(33)36-17-25(34)29-16-20-14-12-19(3)13-15-20/h4-15,18H,16-17H2,1-3H3,(H,29,34). The van der Waals surface area contributed by atoms with Gasteiger partial charge in [-0.15, -0.1) is 10.2 Å². The summed E-state index contributed by atoms with van der Waals surface area (Å²) in [6.45, 7) is 6.70. The van der Waals surface area contributed by atoms with Crippen LogP contribution in [0.25, 0.3) is 22.4 Å². The summed E-state index contributed by atoms with van der Waals surface area (Å²) in [6, 6.07) is 23.4. The monoisotopic (exact) mass is 497 g/mol. The lowest BCUT2D eigenvalue weighted by Crippen LogP contribution is -2.25. The quantitative estimate of drug-likeness (QED) is 0.324. The Morgan fingerprint density at radius 1 is 0.972 bits per heavy atom. The third-order valence-corrected chi connectivity index (χ3v) is 7.07. The molecule has 5 aromatic rings. The topological polar surface area (TPSA) is 81.3 Å². The van der Waals surface area contributed by atoms with Crippen LogP contribution in [-0.4, -0.2) is 30.8 Å². The maximum absolute atomic E-state index is 13.6. The van der Waals surface area contributed by atoms with Crippen LogP contribution in [0.5, 0.6) is 0 Å². The Balaban J connectivity index is 1.51. The Bertz CT molecular complexity index is 1620. The summed E-state index contributed by atoms with van der Waals surface area (Å²) in [5, 5.41) is 12.9. The zero-order chi connectivity index (χ0) is 25.2. The first-order chi connectivity index (χ1) is 17.4. The van der Waals surface area contributed by atoms with E-state index in [1.54, 1.807) is 4.57 Å². The molecule has 0 bridgehead atoms. The predicted octanol–water partition coefficient (Wildman–Crippen LogP) is 4.87. The third kappa shape index (κ3) is 4.52. The van der Waals surface area contributed by atoms with Crippen LogP contribution in [0.15, 0.2) is 82.7 Å². The average molecular weight is 498 g/mol. The normalized spacial score (nSPS) is 11.4. The van der Waals surface area contributed by atoms with Crippen LogP contribution in [-0.2, 0) is 11.3 Å². The first kappa shape index (κ1) is 23.8. The molecule has 1 amide bonds. The molecule has 0 radical (unpaired) electrons. The molecule has 36 heavy (non-hydrogen) atoms. The molecule has 3 aromatic carbocycles. The number of carbonyl (C=O) groups is 1. The van der Waals surface area contributed by atoms with E-state index >= 15 is 0 Å². The molecule has 0 aliphatic heterocycles. The van der Waals surface area contributed by atoms with E-state index in [0.717, 1.165) is 16.8 Å². The van der Waals surface area contributed by atoms with Gasteiger partial charge in [-0.2, -0.15) is 0 Å². The maximum Gasteiger partial charge on any atom is 0.267 e. The molecule has 0 fully saturated rings. The largest absolute Gasteiger partial charge is 0.351 e. The molecule has 7 nitrogen and oxygen atoms in total. The van der Waals surface area contributed by atoms with Crippen LogP contribution in [0, 0.1) is 6.92 Å². The summed E-state index contributed by atoms with van der Waals surface area (Å²) < 4.78 is 3.50. The molecule has 182 valence electrons. The fourth-order valence-electron chi connectivity index (χ4n) is 4.26. The predicted molar refractivity (Wildman–Crippen MR) is 144 cm³/mol. The lowest BCUT2D eigenvalue weighted by molar-refractivity contribution is -0.118. The molecule has 8 heteroatoms. The van der Waals surface area contributed by atoms with Crippen LogP contribution in [0.1, 0.15) is 36.5 Å². The van der Waals surface area contributed by atoms with Gasteiger partial charge in [0.25, 0.3) is 5.56 Å². The van der Waals surface area contributed by atoms with Crippen LogP contribution in [0.3, 0.4) is 0 Å². The van der Waals surface area contributed by atoms with Crippen molar-refractivity contribution in [3.8, 4) is 5.69 Å². The molecule has 0 aliphatic rings. The molecule has 0 saturated carbocycles. The molecule has 0 aliphatic carbocycles. The minimum absolute atomic E-state index is 0.0971. The number of aryl methyl sites for hydroxylation is 1. The van der Waals surface area contributed by atoms with Gasteiger partial charge in [-0.1, -0.05) is 85.8 Å². The van der Waals surface area contributed by atoms with Gasteiger partial charge in [0.15, 0.2) is 5.16 Å². The van der Waals surface area contributed by atoms with Crippen LogP contribution < -0.4 is 10.9 Å². The number of hydrogen-bond acceptors (Lipinski definition) is 5. The number of nitrogens with zero attached hydrogens (tertiary/aromatic N) is 4. The first-order valence-corrected chi connectivity index (χ1v) is 12.9. The minimum atomic E-state index is -0.147. The summed E-state index contributed by atoms with van der Waals surface area (Å²) in [5.41, 5.74) is 4.62. The van der Waals surface area contributed by atoms with E-state index < -0.39 is 0 Å². The van der Waals surface area contributed by atoms with Crippen molar-refractivity contribution in [3.05, 3.63) is 99.8 Å². The Labute approximate surface area is 213 Å². The molecule has 0 spiro atoms. The average Bonchev–Trinajstić information content (AvgIpc) is 3.31. The summed E-state index contributed by atoms with van der Waals surface area (Å²) in [6.07, 6.45) is 0. The number of fused-ring (bicyclic) bond motifs is 3. The molecular formula is C28H27N5O2S. The number of rotatable bonds is 7. The minimum Gasteiger partial charge on any atom is -0.351 e. The summed E-state index contributed by atoms with van der Waals surface area (Å²) in [5.74, 6) is 0.728. The number of nitrogens with one attached hydrogen (secondary N) is 1. The molecule has 5 rings (SSSR count). The Morgan fingerprint density at radius 2 is 1.69 bits per heavy atom. The second-order valence-corrected chi connectivity index (χ2v) is 9.98. The molecule has 2 aromatic heterocycles. The van der Waals surface area contributed by atoms with Gasteiger partial charge in [-0.25, -0.2) is 4.57 Å². The van der Waals surface area contributed by atoms with Crippen molar-refractivity contribution < 1.29 is 4.79 Å². The van der Waals surface area contributed by atoms with E-state index in [4.69, 9.17) is 0 Å². The second-order valence-electron chi connectivity index (χ2n) is 9.04. The Morgan fingerprint density at radius 3 is 2.47 bits per heavy atom. The van der Waals surface area contributed by atoms with E-state index in [9.17, 15) is 9.59 Å². The van der Waals surface area contributed by atoms with E-state index in [1.807, 2.05) is 84.1 Å². The molecular weight excluding hydrogens is 470 g/mol. The van der Waals surface area contributed by atoms with Gasteiger partial charge < -0.3 is 5.32 Å². The maximum atomic E-state index is 13.6. The van der Waals surface area contributed by atoms with Crippen molar-refractivity contribution in [2.75, 3.05) is 5.75 Å². The SMILES string of the molecule is Cc1ccc(CNC(=O)CSc2nnc3n(-c4ccccc4C(C)C)c(=O)c4ccccc4n23)cc1. The molecule has 1 N–H and O–H groups in total. The molecule has 0 atom stereocenters. The highest BCUT2D eigenvalue weighted by molar-refractivity contribution is 7.99. The van der Waals surface area contributed by atoms with Crippen molar-refractivity contribution in [1.29, 1.82) is 0 Å². The second kappa shape index (κ2) is 9.99. The molecule has 0 unspecified atom stereocenters. The van der Waals surface area contributed by atoms with E-state index in [2.05, 4.69) is 29.4 Å². The fraction of sp³-hybridized carbons (Fsp3) is 0.214. The van der Waals surface area contributed by atoms with Crippen LogP contribution >= 0.6 is 11.8 Å². The van der Waals surface area contributed by atoms with E-state index in [0.29, 0.717) is 28.4 Å². The number of para-hydroxylation sites is 2. The van der Waals surface area contributed by atoms with E-state index in [1.165, 1.54) is 17.3 Å². The number of amides is 1. The highest BCUT2D eigenvalue weighted by Crippen LogP contribution is 2.27. The van der Waals surface area contributed by atoms with Gasteiger partial charge in [-0.05, 0) is 42.2 Å². The lowest BCUT2D eigenvalue weighted by atomic mass is 10.0. The zero-order valence-corrected chi connectivity index (χ0v) is 21.2. The van der Waals surface area contributed by atoms with Gasteiger partial charge in [0.2, 0.25) is 11.7 Å². The first-order valence-electron chi connectivity index (χ1n) is 11.9. The number of carbonyl (C=O) groups excluding carboxylic acids is 1. The molecule has 2 heterocycles. The van der Waals surface area contributed by atoms with Crippen molar-refractivity contribution in [3.63, 3.8) is 0 Å². The van der Waals surface area contributed by atoms with Crippen molar-refractivity contribution in [1.82, 2.24) is 24.5 Å². The van der Waals surface area contributed by atoms with Gasteiger partial charge in [-0.3, -0.25) is 14.0 Å². The van der Waals surface area contributed by atoms with Crippen LogP contribution in [0.4, 0.5) is 0 Å². The third-order valence-electron chi connectivity index (χ3n) is 6.14. The Hall–Kier alpha value is -3.91. The van der Waals surface area contributed by atoms with Crippen molar-refractivity contribution >= 4 is 34.3 Å². The molecule has 0 saturated heterocycles. The van der Waals surface area contributed by atoms with Crippen molar-refractivity contribution in [2.45, 2.75) is 38.4 Å². The van der Waals surface area contributed by atoms with E-state index in [-0.39, 0.29) is 23.1 Å². The highest BCUT2D eigenvalue weighted by atomic mass is 32.2. The smallest absolute Gasteiger partial charge is 0.267 e. The summed E-state index contributed by atoms with van der Waals surface area (Å²) >= 11 is 1.30. The van der Waals surface area contributed by atoms with Gasteiger partial charge >= 0.3 is 0 Å². The number of benzene rings is 3. The highest BCUT2D eigenvalue weighted by Gasteiger charge is 2.20. The lowest BCUT2D eigenvalue weighted by Gasteiger charge is -2.16. The summed E-state index contributed by atoms with van der Waals surface area (Å²) in [4.78, 5) is 26.2. The van der Waals surface area contributed by atoms with Crippen LogP contribution in [0.2, 0.25) is 0 Å². The van der Waals surface area contributed by atoms with Crippen molar-refractivity contribution in [2.24, 2.45) is 0 Å². The Kier molecular flexibility index (Phi) is 6.61.